The standard InChI is InChI=1S/C21H23N3O3S/c1-14-22-16(13-28-14)12-27-18-8-7-15(11-19(18)26-2)10-17-21(25)24-9-5-3-4-6-20(24)23-17/h7-8,10-11,13H,3-6,9,12H2,1-2H3. The van der Waals surface area contributed by atoms with Crippen molar-refractivity contribution in [3.63, 3.8) is 0 Å². The van der Waals surface area contributed by atoms with Gasteiger partial charge >= 0.3 is 0 Å². The third-order valence-corrected chi connectivity index (χ3v) is 5.66. The Kier molecular flexibility index (Phi) is 5.43. The number of ether oxygens (including phenoxy) is 2. The van der Waals surface area contributed by atoms with Crippen LogP contribution >= 0.6 is 11.3 Å². The van der Waals surface area contributed by atoms with Crippen molar-refractivity contribution in [3.8, 4) is 11.5 Å². The van der Waals surface area contributed by atoms with Crippen LogP contribution in [0.3, 0.4) is 0 Å². The first kappa shape index (κ1) is 18.7. The maximum Gasteiger partial charge on any atom is 0.277 e. The predicted molar refractivity (Wildman–Crippen MR) is 110 cm³/mol. The van der Waals surface area contributed by atoms with E-state index in [0.29, 0.717) is 23.8 Å². The van der Waals surface area contributed by atoms with Gasteiger partial charge in [-0.25, -0.2) is 9.98 Å². The molecule has 0 spiro atoms. The number of amides is 1. The minimum absolute atomic E-state index is 0.00454. The molecule has 0 bridgehead atoms. The quantitative estimate of drug-likeness (QED) is 0.710. The van der Waals surface area contributed by atoms with Crippen molar-refractivity contribution in [2.75, 3.05) is 13.7 Å². The Labute approximate surface area is 168 Å². The average Bonchev–Trinajstić information content (AvgIpc) is 3.14. The number of thiazole rings is 1. The zero-order valence-electron chi connectivity index (χ0n) is 16.1. The second-order valence-corrected chi connectivity index (χ2v) is 7.94. The van der Waals surface area contributed by atoms with Gasteiger partial charge in [0, 0.05) is 18.3 Å². The van der Waals surface area contributed by atoms with Crippen molar-refractivity contribution in [1.29, 1.82) is 0 Å². The van der Waals surface area contributed by atoms with Gasteiger partial charge in [-0.1, -0.05) is 12.5 Å². The van der Waals surface area contributed by atoms with Crippen molar-refractivity contribution in [3.05, 3.63) is 45.5 Å². The molecule has 1 aromatic heterocycles. The number of carbonyl (C=O) groups excluding carboxylic acids is 1. The van der Waals surface area contributed by atoms with Gasteiger partial charge in [-0.3, -0.25) is 9.69 Å². The number of hydrogen-bond donors (Lipinski definition) is 0. The number of amidine groups is 1. The van der Waals surface area contributed by atoms with Crippen molar-refractivity contribution in [2.24, 2.45) is 4.99 Å². The van der Waals surface area contributed by atoms with E-state index in [1.807, 2.05) is 41.5 Å². The van der Waals surface area contributed by atoms with Gasteiger partial charge in [-0.05, 0) is 43.5 Å². The molecule has 0 radical (unpaired) electrons. The summed E-state index contributed by atoms with van der Waals surface area (Å²) < 4.78 is 11.3. The number of benzene rings is 1. The highest BCUT2D eigenvalue weighted by Gasteiger charge is 2.30. The van der Waals surface area contributed by atoms with E-state index in [9.17, 15) is 4.79 Å². The van der Waals surface area contributed by atoms with Crippen molar-refractivity contribution in [2.45, 2.75) is 39.2 Å². The number of carbonyl (C=O) groups is 1. The van der Waals surface area contributed by atoms with Crippen LogP contribution < -0.4 is 9.47 Å². The van der Waals surface area contributed by atoms with Crippen LogP contribution in [0.25, 0.3) is 6.08 Å². The van der Waals surface area contributed by atoms with E-state index in [2.05, 4.69) is 9.98 Å². The van der Waals surface area contributed by atoms with E-state index in [-0.39, 0.29) is 5.91 Å². The van der Waals surface area contributed by atoms with Gasteiger partial charge in [-0.2, -0.15) is 0 Å². The minimum atomic E-state index is -0.00454. The molecular formula is C21H23N3O3S. The Balaban J connectivity index is 1.52. The highest BCUT2D eigenvalue weighted by atomic mass is 32.1. The molecule has 6 nitrogen and oxygen atoms in total. The normalized spacial score (nSPS) is 18.1. The second kappa shape index (κ2) is 8.14. The maximum atomic E-state index is 12.7. The Bertz CT molecular complexity index is 948. The predicted octanol–water partition coefficient (Wildman–Crippen LogP) is 4.19. The summed E-state index contributed by atoms with van der Waals surface area (Å²) in [5.74, 6) is 2.16. The fraction of sp³-hybridized carbons (Fsp3) is 0.381. The first-order chi connectivity index (χ1) is 13.6. The monoisotopic (exact) mass is 397 g/mol. The molecule has 1 fully saturated rings. The van der Waals surface area contributed by atoms with Gasteiger partial charge in [0.2, 0.25) is 0 Å². The van der Waals surface area contributed by atoms with Crippen LogP contribution in [-0.4, -0.2) is 35.3 Å². The minimum Gasteiger partial charge on any atom is -0.493 e. The number of hydrogen-bond acceptors (Lipinski definition) is 6. The van der Waals surface area contributed by atoms with Crippen LogP contribution in [0.1, 0.15) is 41.9 Å². The van der Waals surface area contributed by atoms with E-state index in [1.54, 1.807) is 18.4 Å². The van der Waals surface area contributed by atoms with E-state index in [0.717, 1.165) is 54.3 Å². The zero-order chi connectivity index (χ0) is 19.5. The molecular weight excluding hydrogens is 374 g/mol. The molecule has 7 heteroatoms. The summed E-state index contributed by atoms with van der Waals surface area (Å²) in [7, 11) is 1.61. The summed E-state index contributed by atoms with van der Waals surface area (Å²) in [4.78, 5) is 23.5. The van der Waals surface area contributed by atoms with E-state index < -0.39 is 0 Å². The number of aryl methyl sites for hydroxylation is 1. The zero-order valence-corrected chi connectivity index (χ0v) is 16.9. The third kappa shape index (κ3) is 3.94. The fourth-order valence-electron chi connectivity index (χ4n) is 3.43. The second-order valence-electron chi connectivity index (χ2n) is 6.88. The molecule has 1 aromatic carbocycles. The van der Waals surface area contributed by atoms with Crippen LogP contribution in [-0.2, 0) is 11.4 Å². The van der Waals surface area contributed by atoms with Crippen LogP contribution in [0, 0.1) is 6.92 Å². The molecule has 2 aliphatic heterocycles. The lowest BCUT2D eigenvalue weighted by atomic mass is 10.1. The Morgan fingerprint density at radius 1 is 1.25 bits per heavy atom. The van der Waals surface area contributed by atoms with Crippen LogP contribution in [0.15, 0.2) is 34.3 Å². The average molecular weight is 398 g/mol. The van der Waals surface area contributed by atoms with Gasteiger partial charge in [0.25, 0.3) is 5.91 Å². The van der Waals surface area contributed by atoms with Gasteiger partial charge in [0.15, 0.2) is 11.5 Å². The highest BCUT2D eigenvalue weighted by Crippen LogP contribution is 2.31. The fourth-order valence-corrected chi connectivity index (χ4v) is 4.02. The SMILES string of the molecule is COc1cc(C=C2N=C3CCCCCN3C2=O)ccc1OCc1csc(C)n1. The Morgan fingerprint density at radius 3 is 2.93 bits per heavy atom. The lowest BCUT2D eigenvalue weighted by molar-refractivity contribution is -0.122. The molecule has 0 aliphatic carbocycles. The molecule has 1 saturated heterocycles. The number of aromatic nitrogens is 1. The van der Waals surface area contributed by atoms with Crippen LogP contribution in [0.5, 0.6) is 11.5 Å². The number of rotatable bonds is 5. The van der Waals surface area contributed by atoms with E-state index >= 15 is 0 Å². The molecule has 2 aliphatic rings. The molecule has 0 N–H and O–H groups in total. The number of fused-ring (bicyclic) bond motifs is 1. The molecule has 28 heavy (non-hydrogen) atoms. The molecule has 0 saturated carbocycles. The van der Waals surface area contributed by atoms with Crippen molar-refractivity contribution >= 4 is 29.2 Å². The lowest BCUT2D eigenvalue weighted by Gasteiger charge is -2.14. The summed E-state index contributed by atoms with van der Waals surface area (Å²) in [5.41, 5.74) is 2.25. The molecule has 3 heterocycles. The number of nitrogens with zero attached hydrogens (tertiary/aromatic N) is 3. The molecule has 146 valence electrons. The summed E-state index contributed by atoms with van der Waals surface area (Å²) in [6, 6.07) is 5.63. The van der Waals surface area contributed by atoms with Gasteiger partial charge < -0.3 is 9.47 Å². The highest BCUT2D eigenvalue weighted by molar-refractivity contribution is 7.09. The summed E-state index contributed by atoms with van der Waals surface area (Å²) in [6.07, 6.45) is 5.97. The van der Waals surface area contributed by atoms with Crippen molar-refractivity contribution < 1.29 is 14.3 Å². The molecule has 4 rings (SSSR count). The first-order valence-corrected chi connectivity index (χ1v) is 10.3. The molecule has 1 amide bonds. The van der Waals surface area contributed by atoms with Crippen LogP contribution in [0.2, 0.25) is 0 Å². The third-order valence-electron chi connectivity index (χ3n) is 4.84. The molecule has 2 aromatic rings. The lowest BCUT2D eigenvalue weighted by Crippen LogP contribution is -2.31. The van der Waals surface area contributed by atoms with Crippen LogP contribution in [0.4, 0.5) is 0 Å². The smallest absolute Gasteiger partial charge is 0.277 e. The maximum absolute atomic E-state index is 12.7. The van der Waals surface area contributed by atoms with E-state index in [4.69, 9.17) is 9.47 Å². The van der Waals surface area contributed by atoms with Crippen molar-refractivity contribution in [1.82, 2.24) is 9.88 Å². The van der Waals surface area contributed by atoms with Gasteiger partial charge in [-0.15, -0.1) is 11.3 Å². The summed E-state index contributed by atoms with van der Waals surface area (Å²) in [5, 5.41) is 3.00. The topological polar surface area (TPSA) is 64.0 Å². The Morgan fingerprint density at radius 2 is 2.14 bits per heavy atom. The molecule has 0 atom stereocenters. The summed E-state index contributed by atoms with van der Waals surface area (Å²) in [6.45, 7) is 3.13. The summed E-state index contributed by atoms with van der Waals surface area (Å²) >= 11 is 1.60. The Hall–Kier alpha value is -2.67. The number of methoxy groups -OCH3 is 1. The first-order valence-electron chi connectivity index (χ1n) is 9.47. The number of aliphatic imine (C=N–C) groups is 1. The molecule has 0 unspecified atom stereocenters. The van der Waals surface area contributed by atoms with Gasteiger partial charge in [0.05, 0.1) is 17.8 Å². The van der Waals surface area contributed by atoms with Gasteiger partial charge in [0.1, 0.15) is 18.1 Å². The van der Waals surface area contributed by atoms with E-state index in [1.165, 1.54) is 0 Å². The largest absolute Gasteiger partial charge is 0.493 e.